The summed E-state index contributed by atoms with van der Waals surface area (Å²) in [5.74, 6) is 1.64. The quantitative estimate of drug-likeness (QED) is 0.882. The van der Waals surface area contributed by atoms with Crippen LogP contribution in [0, 0.1) is 5.92 Å². The van der Waals surface area contributed by atoms with E-state index in [1.54, 1.807) is 5.56 Å². The van der Waals surface area contributed by atoms with Gasteiger partial charge in [-0.05, 0) is 48.8 Å². The summed E-state index contributed by atoms with van der Waals surface area (Å²) < 4.78 is 0. The number of nitrogens with zero attached hydrogens (tertiary/aromatic N) is 1. The lowest BCUT2D eigenvalue weighted by atomic mass is 9.96. The van der Waals surface area contributed by atoms with Gasteiger partial charge in [-0.25, -0.2) is 0 Å². The highest BCUT2D eigenvalue weighted by Crippen LogP contribution is 2.44. The second kappa shape index (κ2) is 5.02. The molecular formula is C16H24N2. The van der Waals surface area contributed by atoms with Gasteiger partial charge in [0.05, 0.1) is 0 Å². The average Bonchev–Trinajstić information content (AvgIpc) is 3.15. The monoisotopic (exact) mass is 244 g/mol. The van der Waals surface area contributed by atoms with Crippen molar-refractivity contribution in [3.05, 3.63) is 35.4 Å². The zero-order chi connectivity index (χ0) is 12.5. The van der Waals surface area contributed by atoms with Gasteiger partial charge in [-0.1, -0.05) is 31.2 Å². The van der Waals surface area contributed by atoms with Gasteiger partial charge in [0.25, 0.3) is 0 Å². The SMILES string of the molecule is CC1CCN(C(CN)c2ccccc2C2CC2)C1. The third-order valence-corrected chi connectivity index (χ3v) is 4.49. The Labute approximate surface area is 110 Å². The minimum absolute atomic E-state index is 0.437. The zero-order valence-electron chi connectivity index (χ0n) is 11.3. The van der Waals surface area contributed by atoms with E-state index in [1.807, 2.05) is 0 Å². The molecule has 2 atom stereocenters. The van der Waals surface area contributed by atoms with Gasteiger partial charge in [-0.3, -0.25) is 4.90 Å². The van der Waals surface area contributed by atoms with Crippen molar-refractivity contribution in [1.29, 1.82) is 0 Å². The molecular weight excluding hydrogens is 220 g/mol. The van der Waals surface area contributed by atoms with Crippen LogP contribution in [-0.2, 0) is 0 Å². The summed E-state index contributed by atoms with van der Waals surface area (Å²) in [4.78, 5) is 2.59. The number of benzene rings is 1. The van der Waals surface area contributed by atoms with E-state index in [9.17, 15) is 0 Å². The highest BCUT2D eigenvalue weighted by atomic mass is 15.2. The first-order chi connectivity index (χ1) is 8.79. The van der Waals surface area contributed by atoms with Crippen molar-refractivity contribution in [2.45, 2.75) is 38.1 Å². The summed E-state index contributed by atoms with van der Waals surface area (Å²) in [5, 5.41) is 0. The molecule has 1 saturated carbocycles. The lowest BCUT2D eigenvalue weighted by molar-refractivity contribution is 0.242. The van der Waals surface area contributed by atoms with Crippen LogP contribution in [0.25, 0.3) is 0 Å². The molecule has 1 aromatic carbocycles. The van der Waals surface area contributed by atoms with Crippen LogP contribution in [0.2, 0.25) is 0 Å². The van der Waals surface area contributed by atoms with Gasteiger partial charge in [0.15, 0.2) is 0 Å². The average molecular weight is 244 g/mol. The molecule has 1 heterocycles. The van der Waals surface area contributed by atoms with E-state index < -0.39 is 0 Å². The van der Waals surface area contributed by atoms with Gasteiger partial charge in [0.2, 0.25) is 0 Å². The molecule has 2 N–H and O–H groups in total. The molecule has 1 saturated heterocycles. The van der Waals surface area contributed by atoms with Crippen molar-refractivity contribution in [2.24, 2.45) is 11.7 Å². The number of hydrogen-bond donors (Lipinski definition) is 1. The third kappa shape index (κ3) is 2.32. The molecule has 1 aliphatic carbocycles. The molecule has 0 aromatic heterocycles. The van der Waals surface area contributed by atoms with E-state index in [4.69, 9.17) is 5.73 Å². The van der Waals surface area contributed by atoms with Gasteiger partial charge in [-0.2, -0.15) is 0 Å². The Morgan fingerprint density at radius 2 is 2.06 bits per heavy atom. The minimum Gasteiger partial charge on any atom is -0.329 e. The van der Waals surface area contributed by atoms with Crippen molar-refractivity contribution in [2.75, 3.05) is 19.6 Å². The lowest BCUT2D eigenvalue weighted by Crippen LogP contribution is -2.32. The van der Waals surface area contributed by atoms with E-state index in [-0.39, 0.29) is 0 Å². The molecule has 1 aromatic rings. The molecule has 0 bridgehead atoms. The standard InChI is InChI=1S/C16H24N2/c1-12-8-9-18(11-12)16(10-17)15-5-3-2-4-14(15)13-6-7-13/h2-5,12-13,16H,6-11,17H2,1H3. The molecule has 98 valence electrons. The third-order valence-electron chi connectivity index (χ3n) is 4.49. The molecule has 3 rings (SSSR count). The molecule has 2 nitrogen and oxygen atoms in total. The summed E-state index contributed by atoms with van der Waals surface area (Å²) in [5.41, 5.74) is 9.14. The molecule has 0 radical (unpaired) electrons. The number of nitrogens with two attached hydrogens (primary N) is 1. The molecule has 2 fully saturated rings. The van der Waals surface area contributed by atoms with Crippen LogP contribution in [0.5, 0.6) is 0 Å². The van der Waals surface area contributed by atoms with E-state index in [1.165, 1.54) is 37.9 Å². The molecule has 18 heavy (non-hydrogen) atoms. The van der Waals surface area contributed by atoms with Crippen LogP contribution in [0.4, 0.5) is 0 Å². The zero-order valence-corrected chi connectivity index (χ0v) is 11.3. The Morgan fingerprint density at radius 3 is 2.67 bits per heavy atom. The summed E-state index contributed by atoms with van der Waals surface area (Å²) in [6.45, 7) is 5.51. The van der Waals surface area contributed by atoms with E-state index >= 15 is 0 Å². The number of likely N-dealkylation sites (tertiary alicyclic amines) is 1. The van der Waals surface area contributed by atoms with Crippen molar-refractivity contribution in [3.63, 3.8) is 0 Å². The number of rotatable bonds is 4. The Hall–Kier alpha value is -0.860. The van der Waals surface area contributed by atoms with Gasteiger partial charge >= 0.3 is 0 Å². The van der Waals surface area contributed by atoms with Gasteiger partial charge in [0.1, 0.15) is 0 Å². The predicted octanol–water partition coefficient (Wildman–Crippen LogP) is 2.91. The van der Waals surface area contributed by atoms with Gasteiger partial charge < -0.3 is 5.73 Å². The van der Waals surface area contributed by atoms with Crippen LogP contribution >= 0.6 is 0 Å². The van der Waals surface area contributed by atoms with Crippen LogP contribution in [-0.4, -0.2) is 24.5 Å². The van der Waals surface area contributed by atoms with Crippen molar-refractivity contribution >= 4 is 0 Å². The molecule has 2 unspecified atom stereocenters. The fourth-order valence-electron chi connectivity index (χ4n) is 3.31. The summed E-state index contributed by atoms with van der Waals surface area (Å²) >= 11 is 0. The predicted molar refractivity (Wildman–Crippen MR) is 75.6 cm³/mol. The Balaban J connectivity index is 1.86. The summed E-state index contributed by atoms with van der Waals surface area (Å²) in [7, 11) is 0. The first-order valence-electron chi connectivity index (χ1n) is 7.32. The van der Waals surface area contributed by atoms with Crippen LogP contribution < -0.4 is 5.73 Å². The summed E-state index contributed by atoms with van der Waals surface area (Å²) in [6.07, 6.45) is 4.05. The van der Waals surface area contributed by atoms with Gasteiger partial charge in [0, 0.05) is 19.1 Å². The first kappa shape index (κ1) is 12.2. The van der Waals surface area contributed by atoms with Crippen LogP contribution in [0.1, 0.15) is 49.3 Å². The molecule has 2 aliphatic rings. The van der Waals surface area contributed by atoms with Crippen LogP contribution in [0.15, 0.2) is 24.3 Å². The lowest BCUT2D eigenvalue weighted by Gasteiger charge is -2.29. The molecule has 1 aliphatic heterocycles. The maximum absolute atomic E-state index is 6.08. The minimum atomic E-state index is 0.437. The maximum Gasteiger partial charge on any atom is 0.0473 e. The maximum atomic E-state index is 6.08. The van der Waals surface area contributed by atoms with Crippen molar-refractivity contribution in [1.82, 2.24) is 4.90 Å². The van der Waals surface area contributed by atoms with Crippen LogP contribution in [0.3, 0.4) is 0 Å². The smallest absolute Gasteiger partial charge is 0.0473 e. The Kier molecular flexibility index (Phi) is 3.40. The first-order valence-corrected chi connectivity index (χ1v) is 7.32. The molecule has 0 amide bonds. The highest BCUT2D eigenvalue weighted by Gasteiger charge is 2.31. The highest BCUT2D eigenvalue weighted by molar-refractivity contribution is 5.36. The second-order valence-electron chi connectivity index (χ2n) is 6.04. The Bertz CT molecular complexity index is 411. The van der Waals surface area contributed by atoms with Crippen molar-refractivity contribution in [3.8, 4) is 0 Å². The topological polar surface area (TPSA) is 29.3 Å². The van der Waals surface area contributed by atoms with E-state index in [0.717, 1.165) is 18.4 Å². The van der Waals surface area contributed by atoms with E-state index in [0.29, 0.717) is 6.04 Å². The fraction of sp³-hybridized carbons (Fsp3) is 0.625. The summed E-state index contributed by atoms with van der Waals surface area (Å²) in [6, 6.07) is 9.40. The molecule has 0 spiro atoms. The van der Waals surface area contributed by atoms with E-state index in [2.05, 4.69) is 36.1 Å². The largest absolute Gasteiger partial charge is 0.329 e. The van der Waals surface area contributed by atoms with Crippen molar-refractivity contribution < 1.29 is 0 Å². The number of hydrogen-bond acceptors (Lipinski definition) is 2. The van der Waals surface area contributed by atoms with Gasteiger partial charge in [-0.15, -0.1) is 0 Å². The fourth-order valence-corrected chi connectivity index (χ4v) is 3.31. The Morgan fingerprint density at radius 1 is 1.28 bits per heavy atom. The normalized spacial score (nSPS) is 26.4. The second-order valence-corrected chi connectivity index (χ2v) is 6.04. The molecule has 2 heteroatoms.